The Morgan fingerprint density at radius 2 is 1.97 bits per heavy atom. The third kappa shape index (κ3) is 4.64. The number of aliphatic hydroxyl groups excluding tert-OH is 1. The van der Waals surface area contributed by atoms with E-state index in [0.717, 1.165) is 18.4 Å². The van der Waals surface area contributed by atoms with Gasteiger partial charge in [0.1, 0.15) is 5.82 Å². The fourth-order valence-electron chi connectivity index (χ4n) is 3.93. The molecule has 0 radical (unpaired) electrons. The van der Waals surface area contributed by atoms with Gasteiger partial charge in [0.05, 0.1) is 23.2 Å². The molecule has 2 atom stereocenters. The van der Waals surface area contributed by atoms with Gasteiger partial charge in [-0.15, -0.1) is 0 Å². The van der Waals surface area contributed by atoms with Crippen molar-refractivity contribution in [2.24, 2.45) is 5.92 Å². The number of hydrogen-bond acceptors (Lipinski definition) is 5. The van der Waals surface area contributed by atoms with Crippen molar-refractivity contribution >= 4 is 29.2 Å². The van der Waals surface area contributed by atoms with E-state index in [2.05, 4.69) is 15.6 Å². The van der Waals surface area contributed by atoms with E-state index in [4.69, 9.17) is 11.6 Å². The largest absolute Gasteiger partial charge is 0.389 e. The first-order valence-corrected chi connectivity index (χ1v) is 10.5. The van der Waals surface area contributed by atoms with Gasteiger partial charge in [-0.1, -0.05) is 41.9 Å². The Morgan fingerprint density at radius 3 is 2.60 bits per heavy atom. The number of carbonyl (C=O) groups is 2. The highest BCUT2D eigenvalue weighted by atomic mass is 35.5. The molecule has 1 saturated carbocycles. The Balaban J connectivity index is 1.43. The highest BCUT2D eigenvalue weighted by Gasteiger charge is 2.46. The Labute approximate surface area is 180 Å². The zero-order chi connectivity index (χ0) is 21.1. The van der Waals surface area contributed by atoms with Crippen LogP contribution in [-0.2, 0) is 15.1 Å². The van der Waals surface area contributed by atoms with Gasteiger partial charge < -0.3 is 15.7 Å². The van der Waals surface area contributed by atoms with E-state index in [9.17, 15) is 14.7 Å². The lowest BCUT2D eigenvalue weighted by atomic mass is 9.78. The van der Waals surface area contributed by atoms with E-state index >= 15 is 0 Å². The van der Waals surface area contributed by atoms with E-state index in [1.807, 2.05) is 35.2 Å². The fraction of sp³-hybridized carbons (Fsp3) is 0.409. The Morgan fingerprint density at radius 1 is 1.20 bits per heavy atom. The van der Waals surface area contributed by atoms with Crippen LogP contribution in [0.5, 0.6) is 0 Å². The molecule has 158 valence electrons. The molecule has 0 bridgehead atoms. The molecule has 2 aliphatic rings. The second kappa shape index (κ2) is 8.71. The van der Waals surface area contributed by atoms with Crippen LogP contribution in [0.1, 0.15) is 24.8 Å². The Hall–Kier alpha value is -2.48. The molecule has 2 amide bonds. The number of anilines is 1. The summed E-state index contributed by atoms with van der Waals surface area (Å²) in [7, 11) is 0. The van der Waals surface area contributed by atoms with E-state index in [0.29, 0.717) is 23.8 Å². The number of aliphatic hydroxyl groups is 1. The fourth-order valence-corrected chi connectivity index (χ4v) is 4.04. The smallest absolute Gasteiger partial charge is 0.239 e. The van der Waals surface area contributed by atoms with Crippen molar-refractivity contribution in [1.29, 1.82) is 0 Å². The number of aromatic nitrogens is 1. The summed E-state index contributed by atoms with van der Waals surface area (Å²) < 4.78 is 0. The molecule has 2 heterocycles. The number of β-amino-alcohol motifs (C(OH)–C–C–N with tert-alkyl or cyclic N) is 1. The van der Waals surface area contributed by atoms with Gasteiger partial charge in [-0.3, -0.25) is 14.5 Å². The molecular formula is C22H25ClN4O3. The van der Waals surface area contributed by atoms with Crippen molar-refractivity contribution < 1.29 is 14.7 Å². The summed E-state index contributed by atoms with van der Waals surface area (Å²) in [6.07, 6.45) is 2.95. The molecule has 7 nitrogen and oxygen atoms in total. The van der Waals surface area contributed by atoms with Crippen LogP contribution >= 0.6 is 11.6 Å². The lowest BCUT2D eigenvalue weighted by Crippen LogP contribution is -2.62. The number of nitrogens with zero attached hydrogens (tertiary/aromatic N) is 2. The molecule has 3 N–H and O–H groups in total. The zero-order valence-electron chi connectivity index (χ0n) is 16.6. The molecule has 0 spiro atoms. The molecule has 2 fully saturated rings. The van der Waals surface area contributed by atoms with Gasteiger partial charge in [0.15, 0.2) is 0 Å². The quantitative estimate of drug-likeness (QED) is 0.655. The summed E-state index contributed by atoms with van der Waals surface area (Å²) in [5.41, 5.74) is 0.0482. The van der Waals surface area contributed by atoms with Gasteiger partial charge in [0, 0.05) is 25.2 Å². The first kappa shape index (κ1) is 20.8. The standard InChI is InChI=1S/C22H25ClN4O3/c23-17-8-9-19(24-12-17)25-20(29)14-27-11-10-22(18(28)13-27,16-4-2-1-3-5-16)26-21(30)15-6-7-15/h1-5,8-9,12,15,18,28H,6-7,10-11,13-14H2,(H,26,30)(H,24,25,29)/t18-,22-/m1/s1. The number of nitrogens with one attached hydrogen (secondary N) is 2. The van der Waals surface area contributed by atoms with Gasteiger partial charge >= 0.3 is 0 Å². The van der Waals surface area contributed by atoms with Crippen molar-refractivity contribution in [3.63, 3.8) is 0 Å². The normalized spacial score (nSPS) is 24.3. The maximum atomic E-state index is 12.6. The second-order valence-electron chi connectivity index (χ2n) is 8.01. The third-order valence-corrected chi connectivity index (χ3v) is 5.99. The van der Waals surface area contributed by atoms with Gasteiger partial charge in [0.2, 0.25) is 11.8 Å². The summed E-state index contributed by atoms with van der Waals surface area (Å²) >= 11 is 5.82. The van der Waals surface area contributed by atoms with Gasteiger partial charge in [-0.05, 0) is 37.0 Å². The zero-order valence-corrected chi connectivity index (χ0v) is 17.3. The number of halogens is 1. The van der Waals surface area contributed by atoms with Crippen molar-refractivity contribution in [2.45, 2.75) is 30.9 Å². The van der Waals surface area contributed by atoms with Crippen molar-refractivity contribution in [1.82, 2.24) is 15.2 Å². The predicted octanol–water partition coefficient (Wildman–Crippen LogP) is 2.16. The van der Waals surface area contributed by atoms with Crippen molar-refractivity contribution in [3.05, 3.63) is 59.2 Å². The number of benzene rings is 1. The highest BCUT2D eigenvalue weighted by Crippen LogP contribution is 2.36. The summed E-state index contributed by atoms with van der Waals surface area (Å²) in [4.78, 5) is 30.9. The van der Waals surface area contributed by atoms with Crippen molar-refractivity contribution in [2.75, 3.05) is 25.0 Å². The van der Waals surface area contributed by atoms with E-state index < -0.39 is 11.6 Å². The average molecular weight is 429 g/mol. The SMILES string of the molecule is O=C(CN1CC[C@@](NC(=O)C2CC2)(c2ccccc2)[C@H](O)C1)Nc1ccc(Cl)cn1. The molecule has 4 rings (SSSR count). The summed E-state index contributed by atoms with van der Waals surface area (Å²) in [6, 6.07) is 12.9. The van der Waals surface area contributed by atoms with Crippen molar-refractivity contribution in [3.8, 4) is 0 Å². The average Bonchev–Trinajstić information content (AvgIpc) is 3.58. The van der Waals surface area contributed by atoms with Crippen LogP contribution in [0.2, 0.25) is 5.02 Å². The minimum Gasteiger partial charge on any atom is -0.389 e. The first-order valence-electron chi connectivity index (χ1n) is 10.2. The van der Waals surface area contributed by atoms with Crippen LogP contribution < -0.4 is 10.6 Å². The lowest BCUT2D eigenvalue weighted by molar-refractivity contribution is -0.129. The number of rotatable bonds is 6. The molecule has 8 heteroatoms. The number of piperidine rings is 1. The Bertz CT molecular complexity index is 904. The maximum absolute atomic E-state index is 12.6. The molecule has 2 aromatic rings. The van der Waals surface area contributed by atoms with E-state index in [1.165, 1.54) is 6.20 Å². The van der Waals surface area contributed by atoms with Crippen LogP contribution in [-0.4, -0.2) is 52.5 Å². The number of amides is 2. The predicted molar refractivity (Wildman–Crippen MR) is 114 cm³/mol. The van der Waals surface area contributed by atoms with Crippen LogP contribution in [0.15, 0.2) is 48.7 Å². The number of likely N-dealkylation sites (tertiary alicyclic amines) is 1. The van der Waals surface area contributed by atoms with Crippen LogP contribution in [0.3, 0.4) is 0 Å². The highest BCUT2D eigenvalue weighted by molar-refractivity contribution is 6.30. The van der Waals surface area contributed by atoms with Crippen LogP contribution in [0.4, 0.5) is 5.82 Å². The Kier molecular flexibility index (Phi) is 6.04. The number of carbonyl (C=O) groups excluding carboxylic acids is 2. The minimum absolute atomic E-state index is 0.00194. The maximum Gasteiger partial charge on any atom is 0.239 e. The second-order valence-corrected chi connectivity index (χ2v) is 8.45. The lowest BCUT2D eigenvalue weighted by Gasteiger charge is -2.46. The minimum atomic E-state index is -0.842. The number of hydrogen-bond donors (Lipinski definition) is 3. The topological polar surface area (TPSA) is 94.6 Å². The molecule has 0 unspecified atom stereocenters. The summed E-state index contributed by atoms with van der Waals surface area (Å²) in [5.74, 6) is 0.259. The summed E-state index contributed by atoms with van der Waals surface area (Å²) in [5, 5.41) is 17.5. The molecule has 1 saturated heterocycles. The molecular weight excluding hydrogens is 404 g/mol. The summed E-state index contributed by atoms with van der Waals surface area (Å²) in [6.45, 7) is 0.975. The molecule has 30 heavy (non-hydrogen) atoms. The monoisotopic (exact) mass is 428 g/mol. The van der Waals surface area contributed by atoms with E-state index in [-0.39, 0.29) is 30.8 Å². The number of pyridine rings is 1. The first-order chi connectivity index (χ1) is 14.5. The van der Waals surface area contributed by atoms with E-state index in [1.54, 1.807) is 12.1 Å². The van der Waals surface area contributed by atoms with Crippen LogP contribution in [0.25, 0.3) is 0 Å². The van der Waals surface area contributed by atoms with Gasteiger partial charge in [-0.2, -0.15) is 0 Å². The third-order valence-electron chi connectivity index (χ3n) is 5.77. The molecule has 1 aliphatic heterocycles. The molecule has 1 aliphatic carbocycles. The van der Waals surface area contributed by atoms with Gasteiger partial charge in [-0.25, -0.2) is 4.98 Å². The van der Waals surface area contributed by atoms with Gasteiger partial charge in [0.25, 0.3) is 0 Å². The molecule has 1 aromatic carbocycles. The van der Waals surface area contributed by atoms with Crippen LogP contribution in [0, 0.1) is 5.92 Å². The molecule has 1 aromatic heterocycles.